The van der Waals surface area contributed by atoms with Gasteiger partial charge in [-0.15, -0.1) is 0 Å². The van der Waals surface area contributed by atoms with Crippen molar-refractivity contribution in [3.63, 3.8) is 0 Å². The van der Waals surface area contributed by atoms with Gasteiger partial charge in [-0.05, 0) is 30.2 Å². The highest BCUT2D eigenvalue weighted by atomic mass is 19.4. The van der Waals surface area contributed by atoms with E-state index in [1.54, 1.807) is 0 Å². The lowest BCUT2D eigenvalue weighted by molar-refractivity contribution is -0.288. The van der Waals surface area contributed by atoms with E-state index in [2.05, 4.69) is 0 Å². The van der Waals surface area contributed by atoms with Crippen LogP contribution < -0.4 is 5.73 Å². The Morgan fingerprint density at radius 2 is 1.22 bits per heavy atom. The number of rotatable bonds is 2. The van der Waals surface area contributed by atoms with Gasteiger partial charge in [0.25, 0.3) is 0 Å². The molecule has 124 valence electrons. The SMILES string of the molecule is Cc1cccc(C(c2cccc(N)c2)(C(F)(F)F)C(F)(F)F)c1. The lowest BCUT2D eigenvalue weighted by atomic mass is 9.72. The fourth-order valence-corrected chi connectivity index (χ4v) is 2.63. The molecule has 0 radical (unpaired) electrons. The third kappa shape index (κ3) is 2.75. The van der Waals surface area contributed by atoms with Crippen molar-refractivity contribution in [3.05, 3.63) is 65.2 Å². The van der Waals surface area contributed by atoms with Crippen molar-refractivity contribution in [3.8, 4) is 0 Å². The van der Waals surface area contributed by atoms with Crippen LogP contribution in [0.4, 0.5) is 32.0 Å². The summed E-state index contributed by atoms with van der Waals surface area (Å²) in [6.07, 6.45) is -11.2. The Kier molecular flexibility index (Phi) is 4.09. The number of nitrogens with two attached hydrogens (primary N) is 1. The van der Waals surface area contributed by atoms with E-state index in [-0.39, 0.29) is 5.69 Å². The number of anilines is 1. The molecular weight excluding hydrogens is 320 g/mol. The van der Waals surface area contributed by atoms with Crippen molar-refractivity contribution >= 4 is 5.69 Å². The van der Waals surface area contributed by atoms with Crippen LogP contribution in [0.2, 0.25) is 0 Å². The van der Waals surface area contributed by atoms with Crippen molar-refractivity contribution in [2.24, 2.45) is 0 Å². The predicted molar refractivity (Wildman–Crippen MR) is 74.9 cm³/mol. The monoisotopic (exact) mass is 333 g/mol. The minimum Gasteiger partial charge on any atom is -0.399 e. The Balaban J connectivity index is 2.93. The summed E-state index contributed by atoms with van der Waals surface area (Å²) in [6, 6.07) is 8.14. The maximum absolute atomic E-state index is 13.7. The quantitative estimate of drug-likeness (QED) is 0.608. The van der Waals surface area contributed by atoms with Gasteiger partial charge in [-0.1, -0.05) is 42.0 Å². The number of alkyl halides is 6. The van der Waals surface area contributed by atoms with Crippen molar-refractivity contribution in [1.82, 2.24) is 0 Å². The number of halogens is 6. The standard InChI is InChI=1S/C16H13F6N/c1-10-4-2-5-11(8-10)14(15(17,18)19,16(20,21)22)12-6-3-7-13(23)9-12/h2-9H,23H2,1H3. The van der Waals surface area contributed by atoms with Crippen LogP contribution in [0.15, 0.2) is 48.5 Å². The first-order valence-electron chi connectivity index (χ1n) is 6.57. The highest BCUT2D eigenvalue weighted by Gasteiger charge is 2.72. The summed E-state index contributed by atoms with van der Waals surface area (Å²) < 4.78 is 82.5. The zero-order valence-corrected chi connectivity index (χ0v) is 12.0. The van der Waals surface area contributed by atoms with Gasteiger partial charge < -0.3 is 5.73 Å². The van der Waals surface area contributed by atoms with Crippen molar-refractivity contribution in [1.29, 1.82) is 0 Å². The molecule has 2 aromatic rings. The summed E-state index contributed by atoms with van der Waals surface area (Å²) in [5, 5.41) is 0. The third-order valence-electron chi connectivity index (χ3n) is 3.62. The summed E-state index contributed by atoms with van der Waals surface area (Å²) >= 11 is 0. The van der Waals surface area contributed by atoms with Crippen LogP contribution in [-0.2, 0) is 5.41 Å². The molecule has 0 aromatic heterocycles. The zero-order valence-electron chi connectivity index (χ0n) is 12.0. The van der Waals surface area contributed by atoms with E-state index in [4.69, 9.17) is 5.73 Å². The van der Waals surface area contributed by atoms with Crippen molar-refractivity contribution in [2.45, 2.75) is 24.7 Å². The second-order valence-corrected chi connectivity index (χ2v) is 5.24. The Bertz CT molecular complexity index is 641. The molecule has 0 aliphatic heterocycles. The molecular formula is C16H13F6N. The first kappa shape index (κ1) is 17.2. The molecule has 0 fully saturated rings. The Labute approximate surface area is 128 Å². The molecule has 0 aliphatic carbocycles. The summed E-state index contributed by atoms with van der Waals surface area (Å²) in [7, 11) is 0. The predicted octanol–water partition coefficient (Wildman–Crippen LogP) is 4.99. The van der Waals surface area contributed by atoms with Gasteiger partial charge in [-0.3, -0.25) is 0 Å². The van der Waals surface area contributed by atoms with E-state index in [1.807, 2.05) is 0 Å². The highest BCUT2D eigenvalue weighted by molar-refractivity contribution is 5.51. The fraction of sp³-hybridized carbons (Fsp3) is 0.250. The molecule has 0 bridgehead atoms. The van der Waals surface area contributed by atoms with E-state index < -0.39 is 28.9 Å². The first-order valence-corrected chi connectivity index (χ1v) is 6.57. The lowest BCUT2D eigenvalue weighted by Crippen LogP contribution is -2.54. The summed E-state index contributed by atoms with van der Waals surface area (Å²) in [5.74, 6) is 0. The molecule has 0 aliphatic rings. The number of benzene rings is 2. The minimum atomic E-state index is -5.59. The molecule has 0 heterocycles. The smallest absolute Gasteiger partial charge is 0.399 e. The van der Waals surface area contributed by atoms with Gasteiger partial charge in [-0.2, -0.15) is 26.3 Å². The molecule has 1 nitrogen and oxygen atoms in total. The van der Waals surface area contributed by atoms with E-state index in [9.17, 15) is 26.3 Å². The number of nitrogen functional groups attached to an aromatic ring is 1. The molecule has 2 rings (SSSR count). The maximum Gasteiger partial charge on any atom is 0.411 e. The van der Waals surface area contributed by atoms with Crippen LogP contribution in [0.5, 0.6) is 0 Å². The van der Waals surface area contributed by atoms with Crippen molar-refractivity contribution in [2.75, 3.05) is 5.73 Å². The molecule has 23 heavy (non-hydrogen) atoms. The molecule has 0 unspecified atom stereocenters. The van der Waals surface area contributed by atoms with E-state index in [0.29, 0.717) is 11.6 Å². The summed E-state index contributed by atoms with van der Waals surface area (Å²) in [4.78, 5) is 0. The van der Waals surface area contributed by atoms with Crippen LogP contribution in [-0.4, -0.2) is 12.4 Å². The Morgan fingerprint density at radius 3 is 1.65 bits per heavy atom. The molecule has 0 saturated heterocycles. The third-order valence-corrected chi connectivity index (χ3v) is 3.62. The number of aryl methyl sites for hydroxylation is 1. The second kappa shape index (κ2) is 5.47. The highest BCUT2D eigenvalue weighted by Crippen LogP contribution is 2.56. The molecule has 0 amide bonds. The normalized spacial score (nSPS) is 13.2. The Morgan fingerprint density at radius 1 is 0.739 bits per heavy atom. The zero-order chi connectivity index (χ0) is 17.5. The largest absolute Gasteiger partial charge is 0.411 e. The topological polar surface area (TPSA) is 26.0 Å². The summed E-state index contributed by atoms with van der Waals surface area (Å²) in [6.45, 7) is 1.43. The van der Waals surface area contributed by atoms with Gasteiger partial charge >= 0.3 is 12.4 Å². The molecule has 0 saturated carbocycles. The Hall–Kier alpha value is -2.18. The fourth-order valence-electron chi connectivity index (χ4n) is 2.63. The van der Waals surface area contributed by atoms with Gasteiger partial charge in [0.15, 0.2) is 0 Å². The van der Waals surface area contributed by atoms with Crippen LogP contribution in [0.1, 0.15) is 16.7 Å². The van der Waals surface area contributed by atoms with E-state index >= 15 is 0 Å². The average molecular weight is 333 g/mol. The molecule has 0 atom stereocenters. The number of hydrogen-bond donors (Lipinski definition) is 1. The van der Waals surface area contributed by atoms with Crippen LogP contribution in [0, 0.1) is 6.92 Å². The molecule has 0 spiro atoms. The van der Waals surface area contributed by atoms with Crippen LogP contribution in [0.25, 0.3) is 0 Å². The minimum absolute atomic E-state index is 0.173. The first-order chi connectivity index (χ1) is 10.5. The lowest BCUT2D eigenvalue weighted by Gasteiger charge is -2.38. The van der Waals surface area contributed by atoms with Crippen molar-refractivity contribution < 1.29 is 26.3 Å². The van der Waals surface area contributed by atoms with Gasteiger partial charge in [-0.25, -0.2) is 0 Å². The van der Waals surface area contributed by atoms with Gasteiger partial charge in [0.1, 0.15) is 0 Å². The molecule has 2 N–H and O–H groups in total. The molecule has 2 aromatic carbocycles. The van der Waals surface area contributed by atoms with Crippen LogP contribution in [0.3, 0.4) is 0 Å². The molecule has 7 heteroatoms. The van der Waals surface area contributed by atoms with Crippen LogP contribution >= 0.6 is 0 Å². The van der Waals surface area contributed by atoms with Gasteiger partial charge in [0.05, 0.1) is 0 Å². The second-order valence-electron chi connectivity index (χ2n) is 5.24. The maximum atomic E-state index is 13.7. The number of hydrogen-bond acceptors (Lipinski definition) is 1. The van der Waals surface area contributed by atoms with Gasteiger partial charge in [0.2, 0.25) is 5.41 Å². The summed E-state index contributed by atoms with van der Waals surface area (Å²) in [5.41, 5.74) is -0.441. The van der Waals surface area contributed by atoms with Gasteiger partial charge in [0, 0.05) is 5.69 Å². The van der Waals surface area contributed by atoms with E-state index in [1.165, 1.54) is 25.1 Å². The van der Waals surface area contributed by atoms with E-state index in [0.717, 1.165) is 24.3 Å². The average Bonchev–Trinajstić information content (AvgIpc) is 2.36.